The number of hydrogen-bond donors (Lipinski definition) is 2. The second kappa shape index (κ2) is 8.49. The Kier molecular flexibility index (Phi) is 6.21. The fourth-order valence-corrected chi connectivity index (χ4v) is 3.98. The number of piperazine rings is 1. The molecule has 1 unspecified atom stereocenters. The molecule has 0 bridgehead atoms. The molecule has 2 amide bonds. The molecule has 29 heavy (non-hydrogen) atoms. The van der Waals surface area contributed by atoms with Crippen LogP contribution < -0.4 is 15.5 Å². The highest BCUT2D eigenvalue weighted by Gasteiger charge is 2.44. The quantitative estimate of drug-likeness (QED) is 0.803. The lowest BCUT2D eigenvalue weighted by atomic mass is 9.96. The fourth-order valence-electron chi connectivity index (χ4n) is 3.98. The normalized spacial score (nSPS) is 21.0. The van der Waals surface area contributed by atoms with Gasteiger partial charge in [0.2, 0.25) is 11.8 Å². The Hall–Kier alpha value is -2.48. The average Bonchev–Trinajstić information content (AvgIpc) is 2.69. The SMILES string of the molecule is CC1(C)C(=O)Nc2ccccc2N1C(=O)CN1CCNCC1c1cccnc1.Cl. The van der Waals surface area contributed by atoms with Gasteiger partial charge in [0.25, 0.3) is 0 Å². The van der Waals surface area contributed by atoms with Crippen molar-refractivity contribution in [3.63, 3.8) is 0 Å². The number of pyridine rings is 1. The number of para-hydroxylation sites is 2. The van der Waals surface area contributed by atoms with Crippen LogP contribution in [-0.4, -0.2) is 53.4 Å². The van der Waals surface area contributed by atoms with E-state index in [1.54, 1.807) is 24.9 Å². The van der Waals surface area contributed by atoms with Crippen molar-refractivity contribution in [2.45, 2.75) is 25.4 Å². The van der Waals surface area contributed by atoms with Gasteiger partial charge in [-0.25, -0.2) is 0 Å². The predicted octanol–water partition coefficient (Wildman–Crippen LogP) is 2.21. The summed E-state index contributed by atoms with van der Waals surface area (Å²) in [6.45, 7) is 6.16. The van der Waals surface area contributed by atoms with E-state index in [0.29, 0.717) is 5.69 Å². The largest absolute Gasteiger partial charge is 0.322 e. The highest BCUT2D eigenvalue weighted by Crippen LogP contribution is 2.37. The number of carbonyl (C=O) groups excluding carboxylic acids is 2. The molecular weight excluding hydrogens is 390 g/mol. The minimum Gasteiger partial charge on any atom is -0.322 e. The van der Waals surface area contributed by atoms with E-state index in [4.69, 9.17) is 0 Å². The maximum Gasteiger partial charge on any atom is 0.250 e. The van der Waals surface area contributed by atoms with Crippen molar-refractivity contribution in [3.05, 3.63) is 54.4 Å². The van der Waals surface area contributed by atoms with E-state index in [2.05, 4.69) is 20.5 Å². The number of halogens is 1. The van der Waals surface area contributed by atoms with Crippen LogP contribution in [0.25, 0.3) is 0 Å². The van der Waals surface area contributed by atoms with Crippen LogP contribution in [0.2, 0.25) is 0 Å². The van der Waals surface area contributed by atoms with Crippen LogP contribution in [0.4, 0.5) is 11.4 Å². The molecule has 2 aliphatic heterocycles. The van der Waals surface area contributed by atoms with Crippen LogP contribution in [-0.2, 0) is 9.59 Å². The van der Waals surface area contributed by atoms with E-state index >= 15 is 0 Å². The summed E-state index contributed by atoms with van der Waals surface area (Å²) in [5.74, 6) is -0.258. The van der Waals surface area contributed by atoms with Crippen molar-refractivity contribution in [2.75, 3.05) is 36.4 Å². The molecule has 1 aromatic heterocycles. The Bertz CT molecular complexity index is 890. The summed E-state index contributed by atoms with van der Waals surface area (Å²) >= 11 is 0. The number of benzene rings is 1. The topological polar surface area (TPSA) is 77.6 Å². The van der Waals surface area contributed by atoms with Gasteiger partial charge in [0, 0.05) is 38.1 Å². The van der Waals surface area contributed by atoms with Gasteiger partial charge in [-0.1, -0.05) is 18.2 Å². The Balaban J connectivity index is 0.00000240. The highest BCUT2D eigenvalue weighted by atomic mass is 35.5. The standard InChI is InChI=1S/C21H25N5O2.ClH/c1-21(2)20(28)24-16-7-3-4-8-17(16)26(21)19(27)14-25-11-10-23-13-18(25)15-6-5-9-22-12-15;/h3-9,12,18,23H,10-11,13-14H2,1-2H3,(H,24,28);1H. The predicted molar refractivity (Wildman–Crippen MR) is 115 cm³/mol. The molecule has 1 aromatic carbocycles. The van der Waals surface area contributed by atoms with Crippen molar-refractivity contribution < 1.29 is 9.59 Å². The third-order valence-electron chi connectivity index (χ3n) is 5.52. The summed E-state index contributed by atoms with van der Waals surface area (Å²) in [5, 5.41) is 6.31. The van der Waals surface area contributed by atoms with Crippen molar-refractivity contribution >= 4 is 35.6 Å². The summed E-state index contributed by atoms with van der Waals surface area (Å²) in [4.78, 5) is 34.1. The first-order valence-electron chi connectivity index (χ1n) is 9.57. The molecule has 1 fully saturated rings. The molecule has 2 N–H and O–H groups in total. The van der Waals surface area contributed by atoms with E-state index in [9.17, 15) is 9.59 Å². The van der Waals surface area contributed by atoms with Crippen LogP contribution >= 0.6 is 12.4 Å². The van der Waals surface area contributed by atoms with Crippen molar-refractivity contribution in [1.82, 2.24) is 15.2 Å². The molecule has 0 aliphatic carbocycles. The smallest absolute Gasteiger partial charge is 0.250 e. The van der Waals surface area contributed by atoms with E-state index in [0.717, 1.165) is 30.9 Å². The zero-order valence-electron chi connectivity index (χ0n) is 16.6. The number of rotatable bonds is 3. The van der Waals surface area contributed by atoms with E-state index in [1.807, 2.05) is 42.6 Å². The molecule has 2 aliphatic rings. The first-order valence-corrected chi connectivity index (χ1v) is 9.57. The average molecular weight is 416 g/mol. The third kappa shape index (κ3) is 3.99. The first-order chi connectivity index (χ1) is 13.5. The lowest BCUT2D eigenvalue weighted by Crippen LogP contribution is -2.61. The van der Waals surface area contributed by atoms with Crippen molar-refractivity contribution in [2.24, 2.45) is 0 Å². The molecule has 8 heteroatoms. The zero-order chi connectivity index (χ0) is 19.7. The molecule has 2 aromatic rings. The molecule has 154 valence electrons. The van der Waals surface area contributed by atoms with E-state index < -0.39 is 5.54 Å². The van der Waals surface area contributed by atoms with Crippen molar-refractivity contribution in [1.29, 1.82) is 0 Å². The summed E-state index contributed by atoms with van der Waals surface area (Å²) in [6.07, 6.45) is 3.60. The number of nitrogens with one attached hydrogen (secondary N) is 2. The number of hydrogen-bond acceptors (Lipinski definition) is 5. The molecular formula is C21H26ClN5O2. The van der Waals surface area contributed by atoms with Crippen molar-refractivity contribution in [3.8, 4) is 0 Å². The number of nitrogens with zero attached hydrogens (tertiary/aromatic N) is 3. The maximum atomic E-state index is 13.4. The minimum atomic E-state index is -0.955. The number of fused-ring (bicyclic) bond motifs is 1. The number of aromatic nitrogens is 1. The van der Waals surface area contributed by atoms with Gasteiger partial charge in [0.1, 0.15) is 5.54 Å². The monoisotopic (exact) mass is 415 g/mol. The van der Waals surface area contributed by atoms with Gasteiger partial charge in [-0.15, -0.1) is 12.4 Å². The van der Waals surface area contributed by atoms with E-state index in [-0.39, 0.29) is 36.8 Å². The molecule has 7 nitrogen and oxygen atoms in total. The van der Waals surface area contributed by atoms with Crippen LogP contribution in [0.3, 0.4) is 0 Å². The second-order valence-corrected chi connectivity index (χ2v) is 7.74. The van der Waals surface area contributed by atoms with Gasteiger partial charge >= 0.3 is 0 Å². The maximum absolute atomic E-state index is 13.4. The molecule has 0 saturated carbocycles. The van der Waals surface area contributed by atoms with Gasteiger partial charge in [0.05, 0.1) is 17.9 Å². The lowest BCUT2D eigenvalue weighted by Gasteiger charge is -2.44. The highest BCUT2D eigenvalue weighted by molar-refractivity contribution is 6.14. The molecule has 1 atom stereocenters. The van der Waals surface area contributed by atoms with Gasteiger partial charge < -0.3 is 10.6 Å². The summed E-state index contributed by atoms with van der Waals surface area (Å²) < 4.78 is 0. The Morgan fingerprint density at radius 3 is 2.79 bits per heavy atom. The third-order valence-corrected chi connectivity index (χ3v) is 5.52. The molecule has 0 spiro atoms. The Labute approximate surface area is 176 Å². The van der Waals surface area contributed by atoms with Gasteiger partial charge in [-0.2, -0.15) is 0 Å². The number of amides is 2. The van der Waals surface area contributed by atoms with Gasteiger partial charge in [-0.05, 0) is 37.6 Å². The molecule has 3 heterocycles. The first kappa shape index (κ1) is 21.2. The summed E-state index contributed by atoms with van der Waals surface area (Å²) in [7, 11) is 0. The molecule has 4 rings (SSSR count). The van der Waals surface area contributed by atoms with Gasteiger partial charge in [0.15, 0.2) is 0 Å². The molecule has 1 saturated heterocycles. The lowest BCUT2D eigenvalue weighted by molar-refractivity contribution is -0.127. The Morgan fingerprint density at radius 1 is 1.24 bits per heavy atom. The summed E-state index contributed by atoms with van der Waals surface area (Å²) in [5.41, 5.74) is 1.54. The van der Waals surface area contributed by atoms with Crippen LogP contribution in [0.1, 0.15) is 25.5 Å². The number of carbonyl (C=O) groups is 2. The molecule has 0 radical (unpaired) electrons. The van der Waals surface area contributed by atoms with Crippen LogP contribution in [0.5, 0.6) is 0 Å². The summed E-state index contributed by atoms with van der Waals surface area (Å²) in [6, 6.07) is 11.5. The second-order valence-electron chi connectivity index (χ2n) is 7.74. The zero-order valence-corrected chi connectivity index (χ0v) is 17.4. The van der Waals surface area contributed by atoms with Crippen LogP contribution in [0, 0.1) is 0 Å². The Morgan fingerprint density at radius 2 is 2.03 bits per heavy atom. The van der Waals surface area contributed by atoms with E-state index in [1.165, 1.54) is 0 Å². The number of anilines is 2. The minimum absolute atomic E-state index is 0. The van der Waals surface area contributed by atoms with Crippen LogP contribution in [0.15, 0.2) is 48.8 Å². The van der Waals surface area contributed by atoms with Gasteiger partial charge in [-0.3, -0.25) is 24.4 Å². The fraction of sp³-hybridized carbons (Fsp3) is 0.381.